The molecule has 1 atom stereocenters. The molecule has 0 bridgehead atoms. The van der Waals surface area contributed by atoms with E-state index in [-0.39, 0.29) is 18.0 Å². The van der Waals surface area contributed by atoms with Crippen LogP contribution in [0.5, 0.6) is 0 Å². The van der Waals surface area contributed by atoms with Crippen LogP contribution in [0.2, 0.25) is 0 Å². The summed E-state index contributed by atoms with van der Waals surface area (Å²) in [6.07, 6.45) is 5.54. The van der Waals surface area contributed by atoms with Gasteiger partial charge in [0.1, 0.15) is 6.54 Å². The van der Waals surface area contributed by atoms with Gasteiger partial charge in [0.2, 0.25) is 5.91 Å². The molecule has 0 N–H and O–H groups in total. The van der Waals surface area contributed by atoms with E-state index >= 15 is 0 Å². The number of hydrogen-bond donors (Lipinski definition) is 0. The summed E-state index contributed by atoms with van der Waals surface area (Å²) >= 11 is 0. The van der Waals surface area contributed by atoms with Crippen molar-refractivity contribution in [3.63, 3.8) is 0 Å². The first kappa shape index (κ1) is 15.4. The molecule has 3 heterocycles. The smallest absolute Gasteiger partial charge is 0.267 e. The normalized spacial score (nSPS) is 18.0. The molecule has 2 aromatic heterocycles. The van der Waals surface area contributed by atoms with Crippen LogP contribution in [0.1, 0.15) is 19.8 Å². The number of rotatable bonds is 3. The van der Waals surface area contributed by atoms with E-state index in [4.69, 9.17) is 0 Å². The van der Waals surface area contributed by atoms with Crippen molar-refractivity contribution in [2.45, 2.75) is 26.3 Å². The summed E-state index contributed by atoms with van der Waals surface area (Å²) in [4.78, 5) is 30.3. The van der Waals surface area contributed by atoms with Crippen molar-refractivity contribution in [3.05, 3.63) is 47.0 Å². The quantitative estimate of drug-likeness (QED) is 0.862. The molecule has 1 amide bonds. The molecule has 1 aliphatic heterocycles. The number of hydrogen-bond acceptors (Lipinski definition) is 4. The van der Waals surface area contributed by atoms with Crippen molar-refractivity contribution in [1.29, 1.82) is 0 Å². The highest BCUT2D eigenvalue weighted by Gasteiger charge is 2.21. The predicted octanol–water partition coefficient (Wildman–Crippen LogP) is 1.56. The third kappa shape index (κ3) is 3.64. The van der Waals surface area contributed by atoms with Crippen molar-refractivity contribution < 1.29 is 4.79 Å². The summed E-state index contributed by atoms with van der Waals surface area (Å²) in [6.45, 7) is 3.66. The predicted molar refractivity (Wildman–Crippen MR) is 86.7 cm³/mol. The van der Waals surface area contributed by atoms with E-state index in [2.05, 4.69) is 17.0 Å². The number of piperidine rings is 1. The number of nitrogens with zero attached hydrogens (tertiary/aromatic N) is 4. The van der Waals surface area contributed by atoms with Gasteiger partial charge in [0.25, 0.3) is 5.56 Å². The second-order valence-electron chi connectivity index (χ2n) is 6.04. The summed E-state index contributed by atoms with van der Waals surface area (Å²) in [5, 5.41) is 4.31. The van der Waals surface area contributed by atoms with Gasteiger partial charge in [0, 0.05) is 37.1 Å². The summed E-state index contributed by atoms with van der Waals surface area (Å²) < 4.78 is 1.24. The minimum Gasteiger partial charge on any atom is -0.341 e. The molecule has 3 rings (SSSR count). The Bertz CT molecular complexity index is 742. The second kappa shape index (κ2) is 6.73. The standard InChI is InChI=1S/C17H20N4O2/c1-13-4-3-9-20(11-13)17(23)12-21-16(22)7-6-15(19-21)14-5-2-8-18-10-14/h2,5-8,10,13H,3-4,9,11-12H2,1H3. The average Bonchev–Trinajstić information content (AvgIpc) is 2.57. The largest absolute Gasteiger partial charge is 0.341 e. The third-order valence-corrected chi connectivity index (χ3v) is 4.12. The van der Waals surface area contributed by atoms with Crippen molar-refractivity contribution >= 4 is 5.91 Å². The monoisotopic (exact) mass is 312 g/mol. The second-order valence-corrected chi connectivity index (χ2v) is 6.04. The maximum absolute atomic E-state index is 12.4. The van der Waals surface area contributed by atoms with Crippen molar-refractivity contribution in [2.24, 2.45) is 5.92 Å². The molecule has 0 saturated carbocycles. The number of carbonyl (C=O) groups excluding carboxylic acids is 1. The van der Waals surface area contributed by atoms with Crippen molar-refractivity contribution in [1.82, 2.24) is 19.7 Å². The molecule has 0 aromatic carbocycles. The first-order chi connectivity index (χ1) is 11.1. The molecule has 0 aliphatic carbocycles. The number of likely N-dealkylation sites (tertiary alicyclic amines) is 1. The fourth-order valence-corrected chi connectivity index (χ4v) is 2.87. The van der Waals surface area contributed by atoms with Crippen LogP contribution in [0.15, 0.2) is 41.5 Å². The Labute approximate surface area is 134 Å². The Kier molecular flexibility index (Phi) is 4.50. The highest BCUT2D eigenvalue weighted by Crippen LogP contribution is 2.16. The Morgan fingerprint density at radius 2 is 2.22 bits per heavy atom. The van der Waals surface area contributed by atoms with E-state index in [0.29, 0.717) is 11.6 Å². The molecule has 1 fully saturated rings. The molecule has 1 saturated heterocycles. The van der Waals surface area contributed by atoms with E-state index in [1.807, 2.05) is 17.0 Å². The lowest BCUT2D eigenvalue weighted by atomic mass is 10.0. The van der Waals surface area contributed by atoms with Crippen LogP contribution >= 0.6 is 0 Å². The molecule has 120 valence electrons. The van der Waals surface area contributed by atoms with Gasteiger partial charge in [0.05, 0.1) is 5.69 Å². The van der Waals surface area contributed by atoms with Gasteiger partial charge in [-0.25, -0.2) is 4.68 Å². The molecular formula is C17H20N4O2. The zero-order valence-corrected chi connectivity index (χ0v) is 13.2. The van der Waals surface area contributed by atoms with Gasteiger partial charge in [0.15, 0.2) is 0 Å². The molecule has 0 radical (unpaired) electrons. The van der Waals surface area contributed by atoms with Gasteiger partial charge in [-0.05, 0) is 37.0 Å². The van der Waals surface area contributed by atoms with Gasteiger partial charge >= 0.3 is 0 Å². The van der Waals surface area contributed by atoms with Crippen molar-refractivity contribution in [2.75, 3.05) is 13.1 Å². The van der Waals surface area contributed by atoms with Gasteiger partial charge in [-0.1, -0.05) is 6.92 Å². The highest BCUT2D eigenvalue weighted by atomic mass is 16.2. The first-order valence-corrected chi connectivity index (χ1v) is 7.90. The summed E-state index contributed by atoms with van der Waals surface area (Å²) in [6, 6.07) is 6.79. The zero-order valence-electron chi connectivity index (χ0n) is 13.2. The van der Waals surface area contributed by atoms with Crippen LogP contribution < -0.4 is 5.56 Å². The lowest BCUT2D eigenvalue weighted by Crippen LogP contribution is -2.42. The van der Waals surface area contributed by atoms with Crippen LogP contribution in [0.4, 0.5) is 0 Å². The van der Waals surface area contributed by atoms with E-state index in [0.717, 1.165) is 31.5 Å². The number of carbonyl (C=O) groups is 1. The fraction of sp³-hybridized carbons (Fsp3) is 0.412. The molecule has 1 unspecified atom stereocenters. The Balaban J connectivity index is 1.80. The summed E-state index contributed by atoms with van der Waals surface area (Å²) in [5.41, 5.74) is 1.19. The topological polar surface area (TPSA) is 68.1 Å². The first-order valence-electron chi connectivity index (χ1n) is 7.90. The molecule has 0 spiro atoms. The molecule has 1 aliphatic rings. The van der Waals surface area contributed by atoms with Gasteiger partial charge in [-0.2, -0.15) is 5.10 Å². The van der Waals surface area contributed by atoms with Crippen LogP contribution in [-0.4, -0.2) is 38.7 Å². The lowest BCUT2D eigenvalue weighted by molar-refractivity contribution is -0.133. The molecular weight excluding hydrogens is 292 g/mol. The van der Waals surface area contributed by atoms with Crippen molar-refractivity contribution in [3.8, 4) is 11.3 Å². The Hall–Kier alpha value is -2.50. The Morgan fingerprint density at radius 3 is 2.96 bits per heavy atom. The number of amides is 1. The van der Waals surface area contributed by atoms with E-state index in [1.54, 1.807) is 18.5 Å². The molecule has 2 aromatic rings. The van der Waals surface area contributed by atoms with Crippen LogP contribution in [0, 0.1) is 5.92 Å². The van der Waals surface area contributed by atoms with Gasteiger partial charge < -0.3 is 4.90 Å². The third-order valence-electron chi connectivity index (χ3n) is 4.12. The van der Waals surface area contributed by atoms with E-state index in [1.165, 1.54) is 10.7 Å². The maximum atomic E-state index is 12.4. The van der Waals surface area contributed by atoms with Gasteiger partial charge in [-0.3, -0.25) is 14.6 Å². The van der Waals surface area contributed by atoms with Gasteiger partial charge in [-0.15, -0.1) is 0 Å². The fourth-order valence-electron chi connectivity index (χ4n) is 2.87. The van der Waals surface area contributed by atoms with Crippen LogP contribution in [0.3, 0.4) is 0 Å². The zero-order chi connectivity index (χ0) is 16.2. The van der Waals surface area contributed by atoms with Crippen LogP contribution in [0.25, 0.3) is 11.3 Å². The molecule has 6 heteroatoms. The Morgan fingerprint density at radius 1 is 1.35 bits per heavy atom. The van der Waals surface area contributed by atoms with E-state index < -0.39 is 0 Å². The minimum absolute atomic E-state index is 0.0142. The maximum Gasteiger partial charge on any atom is 0.267 e. The molecule has 6 nitrogen and oxygen atoms in total. The van der Waals surface area contributed by atoms with Crippen LogP contribution in [-0.2, 0) is 11.3 Å². The summed E-state index contributed by atoms with van der Waals surface area (Å²) in [5.74, 6) is 0.466. The SMILES string of the molecule is CC1CCCN(C(=O)Cn2nc(-c3cccnc3)ccc2=O)C1. The van der Waals surface area contributed by atoms with E-state index in [9.17, 15) is 9.59 Å². The highest BCUT2D eigenvalue weighted by molar-refractivity contribution is 5.76. The number of aromatic nitrogens is 3. The summed E-state index contributed by atoms with van der Waals surface area (Å²) in [7, 11) is 0. The lowest BCUT2D eigenvalue weighted by Gasteiger charge is -2.30. The number of pyridine rings is 1. The minimum atomic E-state index is -0.268. The molecule has 23 heavy (non-hydrogen) atoms. The average molecular weight is 312 g/mol.